The summed E-state index contributed by atoms with van der Waals surface area (Å²) in [4.78, 5) is 36.4. The minimum absolute atomic E-state index is 0.0484. The fourth-order valence-electron chi connectivity index (χ4n) is 5.47. The summed E-state index contributed by atoms with van der Waals surface area (Å²) in [5.41, 5.74) is 4.08. The van der Waals surface area contributed by atoms with Crippen LogP contribution in [0.3, 0.4) is 0 Å². The number of nitro benzene ring substituents is 1. The smallest absolute Gasteiger partial charge is 0.411 e. The summed E-state index contributed by atoms with van der Waals surface area (Å²) < 4.78 is 13.4. The monoisotopic (exact) mass is 587 g/mol. The molecule has 2 aromatic carbocycles. The summed E-state index contributed by atoms with van der Waals surface area (Å²) in [6.07, 6.45) is 4.37. The van der Waals surface area contributed by atoms with Crippen LogP contribution >= 0.6 is 0 Å². The molecule has 2 aromatic heterocycles. The Hall–Kier alpha value is -4.87. The molecule has 0 fully saturated rings. The lowest BCUT2D eigenvalue weighted by molar-refractivity contribution is -0.384. The summed E-state index contributed by atoms with van der Waals surface area (Å²) >= 11 is 0. The lowest BCUT2D eigenvalue weighted by Crippen LogP contribution is -2.40. The number of anilines is 3. The SMILES string of the molecule is COc1cc(N(C)CN(C)C(=O)OC(C)(C)C)c([N+](=O)[O-])cc1Nc1nccc(-c2c3n(c4ccccc24)CCCC3)n1. The Morgan fingerprint density at radius 2 is 1.93 bits per heavy atom. The van der Waals surface area contributed by atoms with E-state index in [-0.39, 0.29) is 24.0 Å². The molecular formula is C31H37N7O5. The van der Waals surface area contributed by atoms with Gasteiger partial charge in [-0.2, -0.15) is 0 Å². The Morgan fingerprint density at radius 1 is 1.16 bits per heavy atom. The number of nitro groups is 1. The van der Waals surface area contributed by atoms with E-state index in [0.717, 1.165) is 42.5 Å². The maximum atomic E-state index is 12.5. The molecular weight excluding hydrogens is 550 g/mol. The van der Waals surface area contributed by atoms with E-state index in [2.05, 4.69) is 33.1 Å². The molecule has 0 bridgehead atoms. The van der Waals surface area contributed by atoms with Crippen LogP contribution in [0.1, 0.15) is 39.3 Å². The number of nitrogens with one attached hydrogen (secondary N) is 1. The number of nitrogens with zero attached hydrogens (tertiary/aromatic N) is 6. The predicted octanol–water partition coefficient (Wildman–Crippen LogP) is 6.36. The van der Waals surface area contributed by atoms with Crippen LogP contribution in [0.15, 0.2) is 48.7 Å². The van der Waals surface area contributed by atoms with Gasteiger partial charge in [0.2, 0.25) is 5.95 Å². The molecule has 0 radical (unpaired) electrons. The summed E-state index contributed by atoms with van der Waals surface area (Å²) in [6.45, 7) is 6.35. The predicted molar refractivity (Wildman–Crippen MR) is 166 cm³/mol. The zero-order valence-corrected chi connectivity index (χ0v) is 25.4. The number of amides is 1. The largest absolute Gasteiger partial charge is 0.494 e. The first-order chi connectivity index (χ1) is 20.5. The van der Waals surface area contributed by atoms with Crippen molar-refractivity contribution in [2.75, 3.05) is 38.1 Å². The Labute approximate surface area is 250 Å². The second-order valence-corrected chi connectivity index (χ2v) is 11.7. The minimum Gasteiger partial charge on any atom is -0.494 e. The summed E-state index contributed by atoms with van der Waals surface area (Å²) in [6, 6.07) is 13.2. The molecule has 0 spiro atoms. The molecule has 1 aliphatic heterocycles. The van der Waals surface area contributed by atoms with Gasteiger partial charge >= 0.3 is 6.09 Å². The van der Waals surface area contributed by atoms with Crippen LogP contribution in [0.25, 0.3) is 22.2 Å². The molecule has 4 aromatic rings. The van der Waals surface area contributed by atoms with Gasteiger partial charge in [0.15, 0.2) is 0 Å². The van der Waals surface area contributed by atoms with E-state index < -0.39 is 16.6 Å². The lowest BCUT2D eigenvalue weighted by Gasteiger charge is -2.29. The number of rotatable bonds is 8. The van der Waals surface area contributed by atoms with Gasteiger partial charge < -0.3 is 24.3 Å². The molecule has 1 aliphatic rings. The van der Waals surface area contributed by atoms with Gasteiger partial charge in [-0.3, -0.25) is 15.0 Å². The average Bonchev–Trinajstić information content (AvgIpc) is 3.30. The summed E-state index contributed by atoms with van der Waals surface area (Å²) in [5, 5.41) is 16.5. The number of para-hydroxylation sites is 1. The van der Waals surface area contributed by atoms with Crippen molar-refractivity contribution in [1.29, 1.82) is 0 Å². The van der Waals surface area contributed by atoms with Crippen molar-refractivity contribution >= 4 is 40.0 Å². The third-order valence-electron chi connectivity index (χ3n) is 7.32. The first-order valence-electron chi connectivity index (χ1n) is 14.2. The fraction of sp³-hybridized carbons (Fsp3) is 0.387. The fourth-order valence-corrected chi connectivity index (χ4v) is 5.47. The Morgan fingerprint density at radius 3 is 2.65 bits per heavy atom. The van der Waals surface area contributed by atoms with Gasteiger partial charge in [-0.25, -0.2) is 14.8 Å². The van der Waals surface area contributed by atoms with E-state index in [0.29, 0.717) is 11.4 Å². The van der Waals surface area contributed by atoms with E-state index in [1.54, 1.807) is 52.0 Å². The second-order valence-electron chi connectivity index (χ2n) is 11.7. The van der Waals surface area contributed by atoms with Gasteiger partial charge in [-0.05, 0) is 52.2 Å². The quantitative estimate of drug-likeness (QED) is 0.142. The van der Waals surface area contributed by atoms with Crippen molar-refractivity contribution in [3.8, 4) is 17.0 Å². The van der Waals surface area contributed by atoms with E-state index in [1.807, 2.05) is 12.1 Å². The van der Waals surface area contributed by atoms with Crippen LogP contribution in [0.2, 0.25) is 0 Å². The molecule has 43 heavy (non-hydrogen) atoms. The number of hydrogen-bond donors (Lipinski definition) is 1. The van der Waals surface area contributed by atoms with Crippen LogP contribution in [-0.4, -0.2) is 63.9 Å². The van der Waals surface area contributed by atoms with Gasteiger partial charge in [-0.1, -0.05) is 18.2 Å². The molecule has 1 N–H and O–H groups in total. The van der Waals surface area contributed by atoms with E-state index in [9.17, 15) is 14.9 Å². The summed E-state index contributed by atoms with van der Waals surface area (Å²) in [7, 11) is 4.71. The normalized spacial score (nSPS) is 12.9. The highest BCUT2D eigenvalue weighted by molar-refractivity contribution is 5.97. The molecule has 12 nitrogen and oxygen atoms in total. The zero-order chi connectivity index (χ0) is 30.9. The van der Waals surface area contributed by atoms with Crippen LogP contribution < -0.4 is 15.0 Å². The van der Waals surface area contributed by atoms with E-state index in [4.69, 9.17) is 14.5 Å². The topological polar surface area (TPSA) is 128 Å². The first-order valence-corrected chi connectivity index (χ1v) is 14.2. The molecule has 226 valence electrons. The molecule has 1 amide bonds. The van der Waals surface area contributed by atoms with Crippen molar-refractivity contribution < 1.29 is 19.2 Å². The average molecular weight is 588 g/mol. The number of ether oxygens (including phenoxy) is 2. The number of benzene rings is 2. The molecule has 12 heteroatoms. The van der Waals surface area contributed by atoms with Crippen molar-refractivity contribution in [3.05, 3.63) is 64.5 Å². The highest BCUT2D eigenvalue weighted by Crippen LogP contribution is 2.40. The highest BCUT2D eigenvalue weighted by Gasteiger charge is 2.26. The van der Waals surface area contributed by atoms with Gasteiger partial charge in [0.05, 0.1) is 30.1 Å². The number of carbonyl (C=O) groups is 1. The standard InChI is InChI=1S/C31H37N7O5/c1-31(2,3)43-30(39)36(5)19-35(4)25-18-27(42-6)22(17-26(25)38(40)41)34-29-32-15-14-21(33-29)28-20-11-7-8-12-23(20)37-16-10-9-13-24(28)37/h7-8,11-12,14-15,17-18H,9-10,13,16,19H2,1-6H3,(H,32,33,34). The highest BCUT2D eigenvalue weighted by atomic mass is 16.6. The minimum atomic E-state index is -0.667. The van der Waals surface area contributed by atoms with Gasteiger partial charge in [0.25, 0.3) is 5.69 Å². The van der Waals surface area contributed by atoms with E-state index in [1.165, 1.54) is 29.3 Å². The number of aryl methyl sites for hydroxylation is 1. The molecule has 0 saturated carbocycles. The van der Waals surface area contributed by atoms with E-state index >= 15 is 0 Å². The number of carbonyl (C=O) groups excluding carboxylic acids is 1. The number of hydrogen-bond acceptors (Lipinski definition) is 9. The van der Waals surface area contributed by atoms with Crippen LogP contribution in [0, 0.1) is 10.1 Å². The zero-order valence-electron chi connectivity index (χ0n) is 25.4. The van der Waals surface area contributed by atoms with Gasteiger partial charge in [0.1, 0.15) is 17.0 Å². The Kier molecular flexibility index (Phi) is 8.12. The number of aromatic nitrogens is 3. The molecule has 5 rings (SSSR count). The Bertz CT molecular complexity index is 1680. The van der Waals surface area contributed by atoms with Gasteiger partial charge in [-0.15, -0.1) is 0 Å². The third kappa shape index (κ3) is 6.18. The van der Waals surface area contributed by atoms with Crippen molar-refractivity contribution in [2.45, 2.75) is 52.2 Å². The maximum absolute atomic E-state index is 12.5. The van der Waals surface area contributed by atoms with Crippen molar-refractivity contribution in [1.82, 2.24) is 19.4 Å². The molecule has 0 saturated heterocycles. The lowest BCUT2D eigenvalue weighted by atomic mass is 10.0. The van der Waals surface area contributed by atoms with Crippen LogP contribution in [-0.2, 0) is 17.7 Å². The Balaban J connectivity index is 1.46. The third-order valence-corrected chi connectivity index (χ3v) is 7.32. The number of fused-ring (bicyclic) bond motifs is 3. The molecule has 3 heterocycles. The summed E-state index contributed by atoms with van der Waals surface area (Å²) in [5.74, 6) is 0.642. The first kappa shape index (κ1) is 29.6. The number of methoxy groups -OCH3 is 1. The molecule has 0 unspecified atom stereocenters. The van der Waals surface area contributed by atoms with Crippen LogP contribution in [0.5, 0.6) is 5.75 Å². The van der Waals surface area contributed by atoms with Crippen molar-refractivity contribution in [2.24, 2.45) is 0 Å². The van der Waals surface area contributed by atoms with Crippen LogP contribution in [0.4, 0.5) is 27.8 Å². The van der Waals surface area contributed by atoms with Gasteiger partial charge in [0, 0.05) is 61.1 Å². The second kappa shape index (κ2) is 11.8. The van der Waals surface area contributed by atoms with Crippen molar-refractivity contribution in [3.63, 3.8) is 0 Å². The maximum Gasteiger partial charge on any atom is 0.411 e. The molecule has 0 atom stereocenters. The molecule has 0 aliphatic carbocycles.